The third kappa shape index (κ3) is 2.98. The van der Waals surface area contributed by atoms with E-state index in [4.69, 9.17) is 11.6 Å². The van der Waals surface area contributed by atoms with E-state index in [1.54, 1.807) is 12.1 Å². The number of benzene rings is 1. The van der Waals surface area contributed by atoms with Crippen molar-refractivity contribution in [2.24, 2.45) is 0 Å². The van der Waals surface area contributed by atoms with E-state index in [9.17, 15) is 4.39 Å². The maximum Gasteiger partial charge on any atom is 0.208 e. The first kappa shape index (κ1) is 12.4. The van der Waals surface area contributed by atoms with E-state index >= 15 is 0 Å². The molecular weight excluding hydrogens is 261 g/mol. The minimum atomic E-state index is -0.295. The number of aromatic nitrogens is 3. The largest absolute Gasteiger partial charge is 0.262 e. The van der Waals surface area contributed by atoms with Crippen LogP contribution in [0.2, 0.25) is 5.02 Å². The van der Waals surface area contributed by atoms with E-state index < -0.39 is 0 Å². The molecule has 1 N–H and O–H groups in total. The standard InChI is InChI=1S/C11H11ClFN3S/c1-2-10-14-11(16-15-10)17-6-7-8(12)4-3-5-9(7)13/h3-5H,2,6H2,1H3,(H,14,15,16). The van der Waals surface area contributed by atoms with Gasteiger partial charge < -0.3 is 0 Å². The number of halogens is 2. The van der Waals surface area contributed by atoms with Gasteiger partial charge in [-0.3, -0.25) is 5.10 Å². The van der Waals surface area contributed by atoms with E-state index in [-0.39, 0.29) is 5.82 Å². The molecule has 6 heteroatoms. The molecule has 0 aliphatic rings. The molecule has 0 amide bonds. The molecule has 0 aliphatic heterocycles. The molecule has 3 nitrogen and oxygen atoms in total. The van der Waals surface area contributed by atoms with Crippen molar-refractivity contribution in [3.63, 3.8) is 0 Å². The lowest BCUT2D eigenvalue weighted by Crippen LogP contribution is -1.89. The summed E-state index contributed by atoms with van der Waals surface area (Å²) in [6.45, 7) is 1.99. The molecule has 0 saturated heterocycles. The lowest BCUT2D eigenvalue weighted by molar-refractivity contribution is 0.617. The van der Waals surface area contributed by atoms with Gasteiger partial charge >= 0.3 is 0 Å². The van der Waals surface area contributed by atoms with Crippen LogP contribution in [0.4, 0.5) is 4.39 Å². The van der Waals surface area contributed by atoms with Gasteiger partial charge in [0.1, 0.15) is 11.6 Å². The van der Waals surface area contributed by atoms with Crippen LogP contribution in [0.5, 0.6) is 0 Å². The average molecular weight is 272 g/mol. The van der Waals surface area contributed by atoms with Crippen LogP contribution in [0.1, 0.15) is 18.3 Å². The molecular formula is C11H11ClFN3S. The van der Waals surface area contributed by atoms with Gasteiger partial charge in [-0.15, -0.1) is 5.10 Å². The van der Waals surface area contributed by atoms with Crippen molar-refractivity contribution in [2.75, 3.05) is 0 Å². The fraction of sp³-hybridized carbons (Fsp3) is 0.273. The van der Waals surface area contributed by atoms with Crippen LogP contribution in [0.25, 0.3) is 0 Å². The number of nitrogens with one attached hydrogen (secondary N) is 1. The van der Waals surface area contributed by atoms with Gasteiger partial charge in [-0.25, -0.2) is 9.37 Å². The number of H-pyrrole nitrogens is 1. The Morgan fingerprint density at radius 3 is 2.94 bits per heavy atom. The first-order valence-electron chi connectivity index (χ1n) is 5.17. The average Bonchev–Trinajstić information content (AvgIpc) is 2.76. The van der Waals surface area contributed by atoms with Gasteiger partial charge in [-0.05, 0) is 12.1 Å². The summed E-state index contributed by atoms with van der Waals surface area (Å²) in [5, 5.41) is 7.88. The minimum absolute atomic E-state index is 0.295. The zero-order chi connectivity index (χ0) is 12.3. The lowest BCUT2D eigenvalue weighted by Gasteiger charge is -2.03. The number of thioether (sulfide) groups is 1. The Labute approximate surface area is 108 Å². The molecule has 1 heterocycles. The molecule has 0 saturated carbocycles. The van der Waals surface area contributed by atoms with Crippen molar-refractivity contribution in [1.29, 1.82) is 0 Å². The number of aromatic amines is 1. The SMILES string of the molecule is CCc1nc(SCc2c(F)cccc2Cl)n[nH]1. The molecule has 0 unspecified atom stereocenters. The highest BCUT2D eigenvalue weighted by Crippen LogP contribution is 2.26. The lowest BCUT2D eigenvalue weighted by atomic mass is 10.2. The molecule has 0 bridgehead atoms. The summed E-state index contributed by atoms with van der Waals surface area (Å²) in [5.41, 5.74) is 0.488. The number of hydrogen-bond acceptors (Lipinski definition) is 3. The summed E-state index contributed by atoms with van der Waals surface area (Å²) < 4.78 is 13.5. The Morgan fingerprint density at radius 1 is 1.47 bits per heavy atom. The molecule has 0 aliphatic carbocycles. The molecule has 0 spiro atoms. The summed E-state index contributed by atoms with van der Waals surface area (Å²) in [4.78, 5) is 4.23. The van der Waals surface area contributed by atoms with Gasteiger partial charge in [-0.1, -0.05) is 36.4 Å². The monoisotopic (exact) mass is 271 g/mol. The van der Waals surface area contributed by atoms with E-state index in [1.807, 2.05) is 6.92 Å². The second-order valence-corrected chi connectivity index (χ2v) is 4.76. The van der Waals surface area contributed by atoms with Crippen molar-refractivity contribution >= 4 is 23.4 Å². The first-order valence-corrected chi connectivity index (χ1v) is 6.54. The van der Waals surface area contributed by atoms with E-state index in [0.29, 0.717) is 21.5 Å². The van der Waals surface area contributed by atoms with Gasteiger partial charge in [0.2, 0.25) is 5.16 Å². The van der Waals surface area contributed by atoms with Crippen LogP contribution in [-0.4, -0.2) is 15.2 Å². The van der Waals surface area contributed by atoms with Crippen molar-refractivity contribution < 1.29 is 4.39 Å². The molecule has 2 rings (SSSR count). The molecule has 90 valence electrons. The van der Waals surface area contributed by atoms with Gasteiger partial charge in [0.25, 0.3) is 0 Å². The first-order chi connectivity index (χ1) is 8.20. The summed E-state index contributed by atoms with van der Waals surface area (Å²) >= 11 is 7.29. The molecule has 1 aromatic heterocycles. The van der Waals surface area contributed by atoms with E-state index in [0.717, 1.165) is 12.2 Å². The minimum Gasteiger partial charge on any atom is -0.262 e. The summed E-state index contributed by atoms with van der Waals surface area (Å²) in [5.74, 6) is 0.954. The van der Waals surface area contributed by atoms with Gasteiger partial charge in [0, 0.05) is 22.8 Å². The maximum absolute atomic E-state index is 13.5. The van der Waals surface area contributed by atoms with E-state index in [1.165, 1.54) is 17.8 Å². The summed E-state index contributed by atoms with van der Waals surface area (Å²) in [6, 6.07) is 4.67. The Kier molecular flexibility index (Phi) is 4.02. The van der Waals surface area contributed by atoms with Crippen LogP contribution in [0.15, 0.2) is 23.4 Å². The van der Waals surface area contributed by atoms with E-state index in [2.05, 4.69) is 15.2 Å². The number of rotatable bonds is 4. The van der Waals surface area contributed by atoms with Crippen LogP contribution in [0.3, 0.4) is 0 Å². The second kappa shape index (κ2) is 5.51. The highest BCUT2D eigenvalue weighted by molar-refractivity contribution is 7.98. The molecule has 0 fully saturated rings. The highest BCUT2D eigenvalue weighted by Gasteiger charge is 2.09. The Bertz CT molecular complexity index is 495. The number of hydrogen-bond donors (Lipinski definition) is 1. The molecule has 1 aromatic carbocycles. The second-order valence-electron chi connectivity index (χ2n) is 3.41. The van der Waals surface area contributed by atoms with Crippen LogP contribution >= 0.6 is 23.4 Å². The van der Waals surface area contributed by atoms with Crippen LogP contribution in [0, 0.1) is 5.82 Å². The van der Waals surface area contributed by atoms with Gasteiger partial charge in [0.15, 0.2) is 0 Å². The van der Waals surface area contributed by atoms with Crippen LogP contribution in [-0.2, 0) is 12.2 Å². The van der Waals surface area contributed by atoms with Crippen molar-refractivity contribution in [1.82, 2.24) is 15.2 Å². The summed E-state index contributed by atoms with van der Waals surface area (Å²) in [7, 11) is 0. The van der Waals surface area contributed by atoms with Gasteiger partial charge in [0.05, 0.1) is 0 Å². The fourth-order valence-electron chi connectivity index (χ4n) is 1.31. The maximum atomic E-state index is 13.5. The Hall–Kier alpha value is -1.07. The zero-order valence-electron chi connectivity index (χ0n) is 9.20. The van der Waals surface area contributed by atoms with Crippen molar-refractivity contribution in [2.45, 2.75) is 24.3 Å². The zero-order valence-corrected chi connectivity index (χ0v) is 10.8. The topological polar surface area (TPSA) is 41.6 Å². The fourth-order valence-corrected chi connectivity index (χ4v) is 2.47. The summed E-state index contributed by atoms with van der Waals surface area (Å²) in [6.07, 6.45) is 0.800. The van der Waals surface area contributed by atoms with Gasteiger partial charge in [-0.2, -0.15) is 0 Å². The predicted octanol–water partition coefficient (Wildman–Crippen LogP) is 3.45. The normalized spacial score (nSPS) is 10.8. The quantitative estimate of drug-likeness (QED) is 0.866. The highest BCUT2D eigenvalue weighted by atomic mass is 35.5. The molecule has 0 radical (unpaired) electrons. The Morgan fingerprint density at radius 2 is 2.29 bits per heavy atom. The molecule has 0 atom stereocenters. The van der Waals surface area contributed by atoms with Crippen molar-refractivity contribution in [3.05, 3.63) is 40.4 Å². The molecule has 2 aromatic rings. The third-order valence-corrected chi connectivity index (χ3v) is 3.48. The van der Waals surface area contributed by atoms with Crippen LogP contribution < -0.4 is 0 Å². The third-order valence-electron chi connectivity index (χ3n) is 2.25. The number of aryl methyl sites for hydroxylation is 1. The van der Waals surface area contributed by atoms with Crippen molar-refractivity contribution in [3.8, 4) is 0 Å². The smallest absolute Gasteiger partial charge is 0.208 e. The Balaban J connectivity index is 2.07. The molecule has 17 heavy (non-hydrogen) atoms. The predicted molar refractivity (Wildman–Crippen MR) is 66.7 cm³/mol. The number of nitrogens with zero attached hydrogens (tertiary/aromatic N) is 2.